The highest BCUT2D eigenvalue weighted by atomic mass is 16.2. The number of carbonyl (C=O) groups excluding carboxylic acids is 1. The normalized spacial score (nSPS) is 25.9. The predicted molar refractivity (Wildman–Crippen MR) is 83.8 cm³/mol. The van der Waals surface area contributed by atoms with Crippen molar-refractivity contribution in [2.45, 2.75) is 44.3 Å². The van der Waals surface area contributed by atoms with Crippen LogP contribution >= 0.6 is 0 Å². The lowest BCUT2D eigenvalue weighted by molar-refractivity contribution is -0.130. The zero-order chi connectivity index (χ0) is 14.8. The summed E-state index contributed by atoms with van der Waals surface area (Å²) in [5, 5.41) is 0. The Kier molecular flexibility index (Phi) is 4.27. The van der Waals surface area contributed by atoms with Crippen molar-refractivity contribution in [2.75, 3.05) is 20.1 Å². The molecule has 4 heteroatoms. The summed E-state index contributed by atoms with van der Waals surface area (Å²) in [6.45, 7) is 2.35. The van der Waals surface area contributed by atoms with Gasteiger partial charge in [0.1, 0.15) is 0 Å². The molecule has 1 aromatic rings. The summed E-state index contributed by atoms with van der Waals surface area (Å²) in [6, 6.07) is 9.31. The molecule has 2 saturated heterocycles. The minimum atomic E-state index is 0.261. The highest BCUT2D eigenvalue weighted by Crippen LogP contribution is 2.28. The maximum absolute atomic E-state index is 12.5. The van der Waals surface area contributed by atoms with Gasteiger partial charge in [0.2, 0.25) is 5.91 Å². The maximum atomic E-state index is 12.5. The fourth-order valence-corrected chi connectivity index (χ4v) is 3.61. The summed E-state index contributed by atoms with van der Waals surface area (Å²) in [5.74, 6) is 0.261. The van der Waals surface area contributed by atoms with E-state index in [0.717, 1.165) is 30.6 Å². The topological polar surface area (TPSA) is 49.6 Å². The van der Waals surface area contributed by atoms with E-state index in [-0.39, 0.29) is 5.91 Å². The molecule has 0 aliphatic carbocycles. The monoisotopic (exact) mass is 287 g/mol. The molecule has 21 heavy (non-hydrogen) atoms. The SMILES string of the molecule is CN1C2CCC1CN(C(=O)Cc1ccc(CN)cc1)CC2. The quantitative estimate of drug-likeness (QED) is 0.914. The van der Waals surface area contributed by atoms with Gasteiger partial charge in [0.05, 0.1) is 6.42 Å². The molecule has 2 heterocycles. The molecule has 2 N–H and O–H groups in total. The fourth-order valence-electron chi connectivity index (χ4n) is 3.61. The van der Waals surface area contributed by atoms with Crippen molar-refractivity contribution in [1.82, 2.24) is 9.80 Å². The summed E-state index contributed by atoms with van der Waals surface area (Å²) in [6.07, 6.45) is 4.15. The number of hydrogen-bond acceptors (Lipinski definition) is 3. The molecule has 0 aromatic heterocycles. The number of carbonyl (C=O) groups is 1. The van der Waals surface area contributed by atoms with E-state index in [0.29, 0.717) is 25.0 Å². The van der Waals surface area contributed by atoms with Gasteiger partial charge < -0.3 is 10.6 Å². The van der Waals surface area contributed by atoms with Crippen LogP contribution in [0.25, 0.3) is 0 Å². The number of fused-ring (bicyclic) bond motifs is 2. The predicted octanol–water partition coefficient (Wildman–Crippen LogP) is 1.38. The van der Waals surface area contributed by atoms with Gasteiger partial charge in [0.25, 0.3) is 0 Å². The standard InChI is InChI=1S/C17H25N3O/c1-19-15-6-7-16(19)12-20(9-8-15)17(21)10-13-2-4-14(11-18)5-3-13/h2-5,15-16H,6-12,18H2,1H3. The van der Waals surface area contributed by atoms with Gasteiger partial charge in [-0.2, -0.15) is 0 Å². The molecule has 3 rings (SSSR count). The molecular formula is C17H25N3O. The van der Waals surface area contributed by atoms with Gasteiger partial charge in [0.15, 0.2) is 0 Å². The third-order valence-corrected chi connectivity index (χ3v) is 5.12. The Labute approximate surface area is 126 Å². The van der Waals surface area contributed by atoms with E-state index < -0.39 is 0 Å². The van der Waals surface area contributed by atoms with Crippen LogP contribution in [0.4, 0.5) is 0 Å². The molecule has 2 fully saturated rings. The zero-order valence-corrected chi connectivity index (χ0v) is 12.8. The summed E-state index contributed by atoms with van der Waals surface area (Å²) in [4.78, 5) is 17.1. The molecule has 0 saturated carbocycles. The van der Waals surface area contributed by atoms with Gasteiger partial charge in [-0.05, 0) is 37.4 Å². The fraction of sp³-hybridized carbons (Fsp3) is 0.588. The van der Waals surface area contributed by atoms with Crippen molar-refractivity contribution in [3.05, 3.63) is 35.4 Å². The average molecular weight is 287 g/mol. The van der Waals surface area contributed by atoms with Gasteiger partial charge in [-0.3, -0.25) is 9.69 Å². The van der Waals surface area contributed by atoms with Crippen molar-refractivity contribution < 1.29 is 4.79 Å². The number of nitrogens with two attached hydrogens (primary N) is 1. The highest BCUT2D eigenvalue weighted by molar-refractivity contribution is 5.78. The van der Waals surface area contributed by atoms with Crippen LogP contribution in [0.15, 0.2) is 24.3 Å². The Morgan fingerprint density at radius 1 is 1.14 bits per heavy atom. The van der Waals surface area contributed by atoms with Gasteiger partial charge in [-0.1, -0.05) is 24.3 Å². The van der Waals surface area contributed by atoms with Crippen LogP contribution in [0.2, 0.25) is 0 Å². The van der Waals surface area contributed by atoms with Gasteiger partial charge in [-0.25, -0.2) is 0 Å². The largest absolute Gasteiger partial charge is 0.341 e. The van der Waals surface area contributed by atoms with E-state index in [2.05, 4.69) is 16.8 Å². The molecule has 0 radical (unpaired) electrons. The Hall–Kier alpha value is -1.39. The van der Waals surface area contributed by atoms with E-state index in [1.54, 1.807) is 0 Å². The molecule has 1 amide bonds. The minimum absolute atomic E-state index is 0.261. The van der Waals surface area contributed by atoms with Gasteiger partial charge >= 0.3 is 0 Å². The average Bonchev–Trinajstić information content (AvgIpc) is 2.72. The van der Waals surface area contributed by atoms with Crippen LogP contribution in [0.3, 0.4) is 0 Å². The number of likely N-dealkylation sites (N-methyl/N-ethyl adjacent to an activating group) is 1. The molecular weight excluding hydrogens is 262 g/mol. The molecule has 2 atom stereocenters. The van der Waals surface area contributed by atoms with E-state index in [4.69, 9.17) is 5.73 Å². The van der Waals surface area contributed by atoms with Crippen LogP contribution in [0.1, 0.15) is 30.4 Å². The first-order valence-electron chi connectivity index (χ1n) is 7.95. The van der Waals surface area contributed by atoms with E-state index in [1.165, 1.54) is 12.8 Å². The van der Waals surface area contributed by atoms with Crippen molar-refractivity contribution in [2.24, 2.45) is 5.73 Å². The minimum Gasteiger partial charge on any atom is -0.341 e. The van der Waals surface area contributed by atoms with Crippen molar-refractivity contribution in [3.8, 4) is 0 Å². The molecule has 2 aliphatic rings. The molecule has 114 valence electrons. The van der Waals surface area contributed by atoms with E-state index in [1.807, 2.05) is 24.3 Å². The smallest absolute Gasteiger partial charge is 0.227 e. The van der Waals surface area contributed by atoms with Crippen LogP contribution < -0.4 is 5.73 Å². The highest BCUT2D eigenvalue weighted by Gasteiger charge is 2.35. The first kappa shape index (κ1) is 14.5. The molecule has 2 unspecified atom stereocenters. The number of nitrogens with zero attached hydrogens (tertiary/aromatic N) is 2. The van der Waals surface area contributed by atoms with E-state index in [9.17, 15) is 4.79 Å². The van der Waals surface area contributed by atoms with Crippen LogP contribution in [-0.2, 0) is 17.8 Å². The molecule has 2 bridgehead atoms. The second-order valence-corrected chi connectivity index (χ2v) is 6.38. The third kappa shape index (κ3) is 3.11. The maximum Gasteiger partial charge on any atom is 0.227 e. The Morgan fingerprint density at radius 3 is 2.52 bits per heavy atom. The lowest BCUT2D eigenvalue weighted by Gasteiger charge is -2.26. The molecule has 1 aromatic carbocycles. The zero-order valence-electron chi connectivity index (χ0n) is 12.8. The van der Waals surface area contributed by atoms with Crippen molar-refractivity contribution in [1.29, 1.82) is 0 Å². The lowest BCUT2D eigenvalue weighted by Crippen LogP contribution is -2.40. The van der Waals surface area contributed by atoms with Gasteiger partial charge in [-0.15, -0.1) is 0 Å². The number of hydrogen-bond donors (Lipinski definition) is 1. The summed E-state index contributed by atoms with van der Waals surface area (Å²) in [7, 11) is 2.21. The first-order chi connectivity index (χ1) is 10.2. The summed E-state index contributed by atoms with van der Waals surface area (Å²) in [5.41, 5.74) is 7.80. The number of benzene rings is 1. The van der Waals surface area contributed by atoms with Gasteiger partial charge in [0, 0.05) is 31.7 Å². The second-order valence-electron chi connectivity index (χ2n) is 6.38. The van der Waals surface area contributed by atoms with Crippen molar-refractivity contribution >= 4 is 5.91 Å². The second kappa shape index (κ2) is 6.16. The number of rotatable bonds is 3. The lowest BCUT2D eigenvalue weighted by atomic mass is 10.1. The molecule has 4 nitrogen and oxygen atoms in total. The Morgan fingerprint density at radius 2 is 1.81 bits per heavy atom. The Balaban J connectivity index is 1.62. The first-order valence-corrected chi connectivity index (χ1v) is 7.95. The summed E-state index contributed by atoms with van der Waals surface area (Å²) < 4.78 is 0. The van der Waals surface area contributed by atoms with Crippen molar-refractivity contribution in [3.63, 3.8) is 0 Å². The number of amides is 1. The van der Waals surface area contributed by atoms with E-state index >= 15 is 0 Å². The molecule has 2 aliphatic heterocycles. The number of likely N-dealkylation sites (tertiary alicyclic amines) is 1. The van der Waals surface area contributed by atoms with Crippen LogP contribution in [0.5, 0.6) is 0 Å². The Bertz CT molecular complexity index is 499. The summed E-state index contributed by atoms with van der Waals surface area (Å²) >= 11 is 0. The van der Waals surface area contributed by atoms with Crippen LogP contribution in [0, 0.1) is 0 Å². The third-order valence-electron chi connectivity index (χ3n) is 5.12. The van der Waals surface area contributed by atoms with Crippen LogP contribution in [-0.4, -0.2) is 47.9 Å². The molecule has 0 spiro atoms.